The van der Waals surface area contributed by atoms with Crippen molar-refractivity contribution in [2.24, 2.45) is 0 Å². The molecule has 0 saturated heterocycles. The Kier molecular flexibility index (Phi) is 3.39. The van der Waals surface area contributed by atoms with Gasteiger partial charge in [0, 0.05) is 0 Å². The molecule has 0 heterocycles. The average molecular weight is 159 g/mol. The van der Waals surface area contributed by atoms with Crippen LogP contribution in [0.5, 0.6) is 0 Å². The fraction of sp³-hybridized carbons (Fsp3) is 0.455. The maximum atomic E-state index is 4.01. The fourth-order valence-electron chi connectivity index (χ4n) is 1.46. The number of rotatable bonds is 3. The van der Waals surface area contributed by atoms with Gasteiger partial charge in [-0.1, -0.05) is 42.5 Å². The minimum atomic E-state index is 1.09. The molecule has 0 aliphatic heterocycles. The molecule has 1 aliphatic rings. The quantitative estimate of drug-likeness (QED) is 0.437. The molecule has 0 aromatic rings. The summed E-state index contributed by atoms with van der Waals surface area (Å²) in [6, 6.07) is 0. The van der Waals surface area contributed by atoms with Gasteiger partial charge in [-0.05, 0) is 19.3 Å². The molecule has 1 radical (unpaired) electrons. The monoisotopic (exact) mass is 159 g/mol. The van der Waals surface area contributed by atoms with E-state index in [-0.39, 0.29) is 0 Å². The predicted molar refractivity (Wildman–Crippen MR) is 56.4 cm³/mol. The predicted octanol–water partition coefficient (Wildman–Crippen LogP) is 3.31. The first-order chi connectivity index (χ1) is 5.77. The van der Waals surface area contributed by atoms with Crippen molar-refractivity contribution in [1.82, 2.24) is 0 Å². The smallest absolute Gasteiger partial charge is 0.105 e. The molecule has 1 heteroatoms. The van der Waals surface area contributed by atoms with Crippen molar-refractivity contribution in [3.05, 3.63) is 35.3 Å². The second kappa shape index (κ2) is 4.35. The molecule has 0 nitrogen and oxygen atoms in total. The molecule has 1 aliphatic carbocycles. The van der Waals surface area contributed by atoms with Crippen molar-refractivity contribution >= 4 is 7.28 Å². The van der Waals surface area contributed by atoms with E-state index in [0.29, 0.717) is 0 Å². The topological polar surface area (TPSA) is 0 Å². The van der Waals surface area contributed by atoms with Crippen molar-refractivity contribution in [3.8, 4) is 0 Å². The number of allylic oxidation sites excluding steroid dienone is 5. The summed E-state index contributed by atoms with van der Waals surface area (Å²) in [5.74, 6) is 0. The van der Waals surface area contributed by atoms with Crippen LogP contribution in [0.3, 0.4) is 0 Å². The third kappa shape index (κ3) is 2.13. The van der Waals surface area contributed by atoms with Gasteiger partial charge >= 0.3 is 0 Å². The number of hydrogen-bond acceptors (Lipinski definition) is 0. The van der Waals surface area contributed by atoms with Crippen LogP contribution in [0.25, 0.3) is 0 Å². The Bertz CT molecular complexity index is 231. The van der Waals surface area contributed by atoms with Crippen LogP contribution >= 0.6 is 0 Å². The van der Waals surface area contributed by atoms with Crippen LogP contribution in [-0.2, 0) is 0 Å². The molecule has 12 heavy (non-hydrogen) atoms. The van der Waals surface area contributed by atoms with Crippen LogP contribution in [-0.4, -0.2) is 7.28 Å². The van der Waals surface area contributed by atoms with Crippen LogP contribution in [0, 0.1) is 0 Å². The molecule has 0 aromatic carbocycles. The van der Waals surface area contributed by atoms with Crippen molar-refractivity contribution in [3.63, 3.8) is 0 Å². The minimum absolute atomic E-state index is 1.09. The maximum Gasteiger partial charge on any atom is 0.147 e. The van der Waals surface area contributed by atoms with E-state index in [9.17, 15) is 0 Å². The highest BCUT2D eigenvalue weighted by atomic mass is 14.1. The normalized spacial score (nSPS) is 16.5. The lowest BCUT2D eigenvalue weighted by Crippen LogP contribution is -1.99. The van der Waals surface area contributed by atoms with Crippen LogP contribution in [0.15, 0.2) is 35.3 Å². The zero-order valence-electron chi connectivity index (χ0n) is 8.06. The lowest BCUT2D eigenvalue weighted by Gasteiger charge is -2.15. The summed E-state index contributed by atoms with van der Waals surface area (Å²) < 4.78 is 0. The van der Waals surface area contributed by atoms with Gasteiger partial charge in [-0.3, -0.25) is 0 Å². The second-order valence-electron chi connectivity index (χ2n) is 3.17. The molecule has 0 atom stereocenters. The third-order valence-electron chi connectivity index (χ3n) is 2.40. The summed E-state index contributed by atoms with van der Waals surface area (Å²) in [6.07, 6.45) is 7.98. The van der Waals surface area contributed by atoms with E-state index < -0.39 is 0 Å². The summed E-state index contributed by atoms with van der Waals surface area (Å²) >= 11 is 0. The average Bonchev–Trinajstić information content (AvgIpc) is 2.17. The van der Waals surface area contributed by atoms with Crippen molar-refractivity contribution in [1.29, 1.82) is 0 Å². The van der Waals surface area contributed by atoms with Crippen molar-refractivity contribution < 1.29 is 0 Å². The van der Waals surface area contributed by atoms with Crippen LogP contribution in [0.2, 0.25) is 6.82 Å². The first-order valence-electron chi connectivity index (χ1n) is 4.63. The Morgan fingerprint density at radius 1 is 1.58 bits per heavy atom. The fourth-order valence-corrected chi connectivity index (χ4v) is 1.46. The van der Waals surface area contributed by atoms with Gasteiger partial charge in [-0.2, -0.15) is 0 Å². The first-order valence-corrected chi connectivity index (χ1v) is 4.63. The van der Waals surface area contributed by atoms with Gasteiger partial charge < -0.3 is 0 Å². The van der Waals surface area contributed by atoms with E-state index in [2.05, 4.69) is 32.9 Å². The molecule has 0 fully saturated rings. The molecule has 0 bridgehead atoms. The molecular weight excluding hydrogens is 143 g/mol. The van der Waals surface area contributed by atoms with E-state index >= 15 is 0 Å². The van der Waals surface area contributed by atoms with E-state index in [0.717, 1.165) is 12.8 Å². The van der Waals surface area contributed by atoms with Gasteiger partial charge in [-0.15, -0.1) is 6.58 Å². The lowest BCUT2D eigenvalue weighted by molar-refractivity contribution is 0.960. The van der Waals surface area contributed by atoms with Gasteiger partial charge in [0.1, 0.15) is 7.28 Å². The largest absolute Gasteiger partial charge is 0.147 e. The SMILES string of the molecule is C=C([B]C)C1=CCC=C(CC)C1. The highest BCUT2D eigenvalue weighted by Crippen LogP contribution is 2.24. The zero-order chi connectivity index (χ0) is 8.97. The summed E-state index contributed by atoms with van der Waals surface area (Å²) in [5, 5.41) is 0. The summed E-state index contributed by atoms with van der Waals surface area (Å²) in [6.45, 7) is 8.28. The van der Waals surface area contributed by atoms with E-state index in [4.69, 9.17) is 0 Å². The standard InChI is InChI=1S/C11H16B/c1-4-10-6-5-7-11(8-10)9(2)12-3/h6-7H,2,4-5,8H2,1,3H3. The van der Waals surface area contributed by atoms with E-state index in [1.165, 1.54) is 17.5 Å². The first kappa shape index (κ1) is 9.37. The Morgan fingerprint density at radius 2 is 2.33 bits per heavy atom. The summed E-state index contributed by atoms with van der Waals surface area (Å²) in [7, 11) is 2.09. The summed E-state index contributed by atoms with van der Waals surface area (Å²) in [5.41, 5.74) is 4.15. The molecule has 0 spiro atoms. The molecule has 0 saturated carbocycles. The van der Waals surface area contributed by atoms with Gasteiger partial charge in [-0.25, -0.2) is 0 Å². The zero-order valence-corrected chi connectivity index (χ0v) is 8.06. The van der Waals surface area contributed by atoms with Crippen molar-refractivity contribution in [2.75, 3.05) is 0 Å². The van der Waals surface area contributed by atoms with E-state index in [1.807, 2.05) is 6.82 Å². The van der Waals surface area contributed by atoms with Crippen LogP contribution in [0.1, 0.15) is 26.2 Å². The van der Waals surface area contributed by atoms with Gasteiger partial charge in [0.2, 0.25) is 0 Å². The van der Waals surface area contributed by atoms with Gasteiger partial charge in [0.05, 0.1) is 0 Å². The number of hydrogen-bond donors (Lipinski definition) is 0. The third-order valence-corrected chi connectivity index (χ3v) is 2.40. The highest BCUT2D eigenvalue weighted by molar-refractivity contribution is 6.45. The molecule has 0 aromatic heterocycles. The van der Waals surface area contributed by atoms with E-state index in [1.54, 1.807) is 5.57 Å². The Balaban J connectivity index is 2.60. The Hall–Kier alpha value is -0.715. The van der Waals surface area contributed by atoms with Gasteiger partial charge in [0.15, 0.2) is 0 Å². The molecule has 0 amide bonds. The van der Waals surface area contributed by atoms with Crippen molar-refractivity contribution in [2.45, 2.75) is 33.0 Å². The summed E-state index contributed by atoms with van der Waals surface area (Å²) in [4.78, 5) is 0. The maximum absolute atomic E-state index is 4.01. The molecular formula is C11H16B. The Morgan fingerprint density at radius 3 is 2.92 bits per heavy atom. The minimum Gasteiger partial charge on any atom is -0.105 e. The highest BCUT2D eigenvalue weighted by Gasteiger charge is 2.07. The molecule has 0 N–H and O–H groups in total. The molecule has 1 rings (SSSR count). The lowest BCUT2D eigenvalue weighted by atomic mass is 9.68. The molecule has 63 valence electrons. The molecule has 0 unspecified atom stereocenters. The van der Waals surface area contributed by atoms with Gasteiger partial charge in [0.25, 0.3) is 0 Å². The second-order valence-corrected chi connectivity index (χ2v) is 3.17. The Labute approximate surface area is 76.3 Å². The van der Waals surface area contributed by atoms with Crippen LogP contribution in [0.4, 0.5) is 0 Å². The van der Waals surface area contributed by atoms with Crippen LogP contribution < -0.4 is 0 Å².